The van der Waals surface area contributed by atoms with Gasteiger partial charge in [-0.25, -0.2) is 6.07 Å². The van der Waals surface area contributed by atoms with Crippen LogP contribution in [-0.4, -0.2) is 16.7 Å². The van der Waals surface area contributed by atoms with Crippen LogP contribution in [0.25, 0.3) is 0 Å². The van der Waals surface area contributed by atoms with E-state index in [1.807, 2.05) is 6.92 Å². The van der Waals surface area contributed by atoms with Gasteiger partial charge in [-0.05, 0) is 6.92 Å². The molecule has 16 heavy (non-hydrogen) atoms. The van der Waals surface area contributed by atoms with Crippen molar-refractivity contribution < 1.29 is 37.4 Å². The zero-order valence-corrected chi connectivity index (χ0v) is 11.6. The zero-order chi connectivity index (χ0) is 10.8. The van der Waals surface area contributed by atoms with Gasteiger partial charge in [0.2, 0.25) is 5.90 Å². The van der Waals surface area contributed by atoms with Gasteiger partial charge in [-0.2, -0.15) is 0 Å². The van der Waals surface area contributed by atoms with Crippen LogP contribution in [0, 0.1) is 6.07 Å². The Morgan fingerprint density at radius 3 is 3.06 bits per heavy atom. The number of nitrogen functional groups attached to an aromatic ring is 1. The molecule has 0 aromatic carbocycles. The minimum Gasteiger partial charge on any atom is -0.453 e. The SMILES string of the molecule is CC1NN=C(Cn2c[c-]c(N)cc2=O)O1.[Y]. The van der Waals surface area contributed by atoms with E-state index in [1.54, 1.807) is 0 Å². The molecule has 7 heteroatoms. The number of hydrogen-bond acceptors (Lipinski definition) is 5. The molecule has 1 aliphatic heterocycles. The van der Waals surface area contributed by atoms with Crippen molar-refractivity contribution in [1.29, 1.82) is 0 Å². The molecular weight excluding hydrogens is 285 g/mol. The van der Waals surface area contributed by atoms with E-state index in [0.29, 0.717) is 11.6 Å². The summed E-state index contributed by atoms with van der Waals surface area (Å²) in [5, 5.41) is 3.92. The molecule has 1 unspecified atom stereocenters. The first-order valence-corrected chi connectivity index (χ1v) is 4.51. The maximum Gasteiger partial charge on any atom is 0.228 e. The van der Waals surface area contributed by atoms with Crippen molar-refractivity contribution >= 4 is 11.6 Å². The number of ether oxygens (including phenoxy) is 1. The Hall–Kier alpha value is -0.876. The number of hydrogen-bond donors (Lipinski definition) is 2. The molecule has 1 aliphatic rings. The van der Waals surface area contributed by atoms with E-state index in [2.05, 4.69) is 16.6 Å². The molecule has 1 aromatic rings. The van der Waals surface area contributed by atoms with Gasteiger partial charge in [0.05, 0.1) is 0 Å². The van der Waals surface area contributed by atoms with Gasteiger partial charge in [0.15, 0.2) is 11.8 Å². The van der Waals surface area contributed by atoms with Crippen molar-refractivity contribution in [3.8, 4) is 0 Å². The summed E-state index contributed by atoms with van der Waals surface area (Å²) < 4.78 is 6.71. The van der Waals surface area contributed by atoms with Crippen molar-refractivity contribution in [3.63, 3.8) is 0 Å². The molecule has 6 nitrogen and oxygen atoms in total. The number of nitrogens with two attached hydrogens (primary N) is 1. The maximum atomic E-state index is 11.4. The van der Waals surface area contributed by atoms with E-state index in [1.165, 1.54) is 16.8 Å². The van der Waals surface area contributed by atoms with Gasteiger partial charge in [0.1, 0.15) is 6.54 Å². The Bertz CT molecular complexity index is 457. The first-order valence-electron chi connectivity index (χ1n) is 4.51. The van der Waals surface area contributed by atoms with Crippen molar-refractivity contribution in [2.24, 2.45) is 5.10 Å². The van der Waals surface area contributed by atoms with Gasteiger partial charge >= 0.3 is 0 Å². The van der Waals surface area contributed by atoms with Gasteiger partial charge in [-0.15, -0.1) is 16.9 Å². The third-order valence-electron chi connectivity index (χ3n) is 1.94. The smallest absolute Gasteiger partial charge is 0.228 e. The molecule has 1 atom stereocenters. The van der Waals surface area contributed by atoms with E-state index >= 15 is 0 Å². The Balaban J connectivity index is 0.00000128. The average molecular weight is 296 g/mol. The molecule has 3 N–H and O–H groups in total. The minimum atomic E-state index is -0.197. The van der Waals surface area contributed by atoms with Crippen LogP contribution < -0.4 is 16.7 Å². The standard InChI is InChI=1S/C9H11N4O2.Y/c1-6-11-12-8(15-6)5-13-3-2-7(10)4-9(13)14;/h3-4,6,11H,5,10H2,1H3;/q-1;. The molecule has 0 amide bonds. The van der Waals surface area contributed by atoms with Crippen LogP contribution >= 0.6 is 0 Å². The summed E-state index contributed by atoms with van der Waals surface area (Å²) in [7, 11) is 0. The molecular formula is C9H11N4O2Y-. The summed E-state index contributed by atoms with van der Waals surface area (Å²) in [6.45, 7) is 2.11. The first-order chi connectivity index (χ1) is 7.15. The van der Waals surface area contributed by atoms with Crippen LogP contribution in [0.1, 0.15) is 6.92 Å². The van der Waals surface area contributed by atoms with E-state index < -0.39 is 0 Å². The predicted octanol–water partition coefficient (Wildman–Crippen LogP) is -0.493. The summed E-state index contributed by atoms with van der Waals surface area (Å²) in [5.41, 5.74) is 8.28. The largest absolute Gasteiger partial charge is 0.453 e. The molecule has 2 heterocycles. The normalized spacial score (nSPS) is 18.1. The second-order valence-electron chi connectivity index (χ2n) is 3.23. The number of anilines is 1. The summed E-state index contributed by atoms with van der Waals surface area (Å²) in [4.78, 5) is 11.4. The molecule has 1 aromatic heterocycles. The Morgan fingerprint density at radius 1 is 1.75 bits per heavy atom. The van der Waals surface area contributed by atoms with Gasteiger partial charge in [-0.1, -0.05) is 6.20 Å². The van der Waals surface area contributed by atoms with Gasteiger partial charge in [0, 0.05) is 32.7 Å². The third kappa shape index (κ3) is 3.06. The summed E-state index contributed by atoms with van der Waals surface area (Å²) in [5.74, 6) is 0.475. The Kier molecular flexibility index (Phi) is 4.49. The van der Waals surface area contributed by atoms with Crippen LogP contribution in [0.4, 0.5) is 5.69 Å². The molecule has 0 aliphatic carbocycles. The maximum absolute atomic E-state index is 11.4. The van der Waals surface area contributed by atoms with Gasteiger partial charge in [0.25, 0.3) is 0 Å². The summed E-state index contributed by atoms with van der Waals surface area (Å²) >= 11 is 0. The van der Waals surface area contributed by atoms with Crippen molar-refractivity contribution in [1.82, 2.24) is 9.99 Å². The Labute approximate surface area is 118 Å². The van der Waals surface area contributed by atoms with E-state index in [9.17, 15) is 4.79 Å². The molecule has 1 radical (unpaired) electrons. The van der Waals surface area contributed by atoms with Crippen LogP contribution in [0.2, 0.25) is 0 Å². The van der Waals surface area contributed by atoms with Crippen molar-refractivity contribution in [3.05, 3.63) is 28.7 Å². The molecule has 0 saturated carbocycles. The fraction of sp³-hybridized carbons (Fsp3) is 0.333. The number of aromatic nitrogens is 1. The first kappa shape index (κ1) is 13.2. The molecule has 0 fully saturated rings. The van der Waals surface area contributed by atoms with E-state index in [-0.39, 0.29) is 51.0 Å². The number of nitrogens with zero attached hydrogens (tertiary/aromatic N) is 2. The van der Waals surface area contributed by atoms with Crippen molar-refractivity contribution in [2.45, 2.75) is 19.7 Å². The second kappa shape index (κ2) is 5.45. The summed E-state index contributed by atoms with van der Waals surface area (Å²) in [6, 6.07) is 4.05. The third-order valence-corrected chi connectivity index (χ3v) is 1.94. The Morgan fingerprint density at radius 2 is 2.50 bits per heavy atom. The van der Waals surface area contributed by atoms with Gasteiger partial charge < -0.3 is 15.0 Å². The second-order valence-corrected chi connectivity index (χ2v) is 3.23. The average Bonchev–Trinajstić information content (AvgIpc) is 2.56. The topological polar surface area (TPSA) is 81.6 Å². The van der Waals surface area contributed by atoms with Crippen LogP contribution in [0.15, 0.2) is 22.2 Å². The number of pyridine rings is 1. The zero-order valence-electron chi connectivity index (χ0n) is 8.80. The summed E-state index contributed by atoms with van der Waals surface area (Å²) in [6.07, 6.45) is 1.35. The number of nitrogens with one attached hydrogen (secondary N) is 1. The van der Waals surface area contributed by atoms with Gasteiger partial charge in [-0.3, -0.25) is 10.2 Å². The fourth-order valence-electron chi connectivity index (χ4n) is 1.24. The molecule has 83 valence electrons. The minimum absolute atomic E-state index is 0. The molecule has 0 spiro atoms. The van der Waals surface area contributed by atoms with E-state index in [4.69, 9.17) is 10.5 Å². The van der Waals surface area contributed by atoms with Crippen LogP contribution in [0.3, 0.4) is 0 Å². The van der Waals surface area contributed by atoms with E-state index in [0.717, 1.165) is 0 Å². The number of rotatable bonds is 2. The molecule has 2 rings (SSSR count). The van der Waals surface area contributed by atoms with Crippen molar-refractivity contribution in [2.75, 3.05) is 5.73 Å². The molecule has 0 bridgehead atoms. The monoisotopic (exact) mass is 296 g/mol. The van der Waals surface area contributed by atoms with Crippen LogP contribution in [0.5, 0.6) is 0 Å². The predicted molar refractivity (Wildman–Crippen MR) is 55.1 cm³/mol. The quantitative estimate of drug-likeness (QED) is 0.721. The number of hydrazone groups is 1. The van der Waals surface area contributed by atoms with Crippen LogP contribution in [-0.2, 0) is 44.0 Å². The molecule has 0 saturated heterocycles. The fourth-order valence-corrected chi connectivity index (χ4v) is 1.24.